The normalized spacial score (nSPS) is 24.4. The lowest BCUT2D eigenvalue weighted by Crippen LogP contribution is -2.68. The van der Waals surface area contributed by atoms with E-state index in [1.165, 1.54) is 0 Å². The number of hydrogen-bond acceptors (Lipinski definition) is 10. The van der Waals surface area contributed by atoms with E-state index in [1.807, 2.05) is 25.1 Å². The Hall–Kier alpha value is -4.21. The molecule has 6 heterocycles. The smallest absolute Gasteiger partial charge is 0.326 e. The van der Waals surface area contributed by atoms with E-state index in [0.29, 0.717) is 62.2 Å². The fourth-order valence-electron chi connectivity index (χ4n) is 5.90. The number of morpholine rings is 1. The zero-order valence-corrected chi connectivity index (χ0v) is 24.3. The standard InChI is InChI=1S/C31H35N7O5/c1-3-26-34-27(23-5-4-10-32-23)36-30(35-26)38-16-22(14-25(38)29(39)40)43-28-24(13-21(15-33-28)9-8-20-6-7-20)37-11-12-42-31(19(37)2)17-41-18-31/h4-5,10,13,15,19-20,22,25,32H,3,6-7,11-12,14,16-18H2,1-2H3,(H,39,40)/t19-,22-,25-/m0/s1. The van der Waals surface area contributed by atoms with Gasteiger partial charge in [0.1, 0.15) is 29.3 Å². The number of ether oxygens (including phenoxy) is 3. The van der Waals surface area contributed by atoms with Gasteiger partial charge in [-0.2, -0.15) is 9.97 Å². The first kappa shape index (κ1) is 27.6. The van der Waals surface area contributed by atoms with Crippen molar-refractivity contribution in [1.82, 2.24) is 24.9 Å². The monoisotopic (exact) mass is 585 g/mol. The number of carboxylic acids is 1. The van der Waals surface area contributed by atoms with Gasteiger partial charge in [-0.15, -0.1) is 0 Å². The predicted molar refractivity (Wildman–Crippen MR) is 157 cm³/mol. The SMILES string of the molecule is CCc1nc(-c2ccc[nH]2)nc(N2C[C@@H](Oc3ncc(C#CC4CC4)cc3N3CCOC4(COC4)[C@@H]3C)C[C@H]2C(=O)O)n1. The fraction of sp³-hybridized carbons (Fsp3) is 0.516. The molecule has 3 aliphatic heterocycles. The van der Waals surface area contributed by atoms with E-state index >= 15 is 0 Å². The van der Waals surface area contributed by atoms with E-state index in [9.17, 15) is 9.90 Å². The van der Waals surface area contributed by atoms with Gasteiger partial charge in [-0.25, -0.2) is 14.8 Å². The molecule has 1 aliphatic carbocycles. The average molecular weight is 586 g/mol. The van der Waals surface area contributed by atoms with Crippen LogP contribution in [0.25, 0.3) is 11.5 Å². The summed E-state index contributed by atoms with van der Waals surface area (Å²) in [5, 5.41) is 10.2. The second kappa shape index (κ2) is 11.1. The number of aryl methyl sites for hydroxylation is 1. The van der Waals surface area contributed by atoms with Crippen molar-refractivity contribution < 1.29 is 24.1 Å². The maximum Gasteiger partial charge on any atom is 0.326 e. The van der Waals surface area contributed by atoms with Crippen molar-refractivity contribution in [2.24, 2.45) is 5.92 Å². The van der Waals surface area contributed by atoms with Crippen LogP contribution in [0.5, 0.6) is 5.88 Å². The summed E-state index contributed by atoms with van der Waals surface area (Å²) >= 11 is 0. The third-order valence-electron chi connectivity index (χ3n) is 8.69. The van der Waals surface area contributed by atoms with E-state index in [4.69, 9.17) is 19.2 Å². The largest absolute Gasteiger partial charge is 0.480 e. The van der Waals surface area contributed by atoms with E-state index in [0.717, 1.165) is 29.8 Å². The molecule has 0 amide bonds. The molecule has 0 radical (unpaired) electrons. The number of H-pyrrole nitrogens is 1. The van der Waals surface area contributed by atoms with Gasteiger partial charge >= 0.3 is 5.97 Å². The van der Waals surface area contributed by atoms with Crippen molar-refractivity contribution in [3.05, 3.63) is 42.0 Å². The maximum absolute atomic E-state index is 12.5. The van der Waals surface area contributed by atoms with Gasteiger partial charge in [0.05, 0.1) is 38.1 Å². The number of carbonyl (C=O) groups is 1. The van der Waals surface area contributed by atoms with Crippen LogP contribution in [0.1, 0.15) is 44.5 Å². The Labute approximate surface area is 249 Å². The lowest BCUT2D eigenvalue weighted by molar-refractivity contribution is -0.228. The van der Waals surface area contributed by atoms with Gasteiger partial charge in [0.25, 0.3) is 0 Å². The van der Waals surface area contributed by atoms with Crippen molar-refractivity contribution in [3.63, 3.8) is 0 Å². The van der Waals surface area contributed by atoms with Crippen LogP contribution in [0.2, 0.25) is 0 Å². The molecule has 3 atom stereocenters. The van der Waals surface area contributed by atoms with E-state index in [-0.39, 0.29) is 24.6 Å². The Morgan fingerprint density at radius 3 is 2.81 bits per heavy atom. The van der Waals surface area contributed by atoms with Gasteiger partial charge in [-0.3, -0.25) is 0 Å². The molecule has 3 saturated heterocycles. The summed E-state index contributed by atoms with van der Waals surface area (Å²) in [6, 6.07) is 4.95. The van der Waals surface area contributed by atoms with Crippen molar-refractivity contribution >= 4 is 17.6 Å². The van der Waals surface area contributed by atoms with Crippen molar-refractivity contribution in [2.45, 2.75) is 63.3 Å². The molecule has 12 nitrogen and oxygen atoms in total. The number of hydrogen-bond donors (Lipinski definition) is 2. The zero-order valence-electron chi connectivity index (χ0n) is 24.3. The maximum atomic E-state index is 12.5. The topological polar surface area (TPSA) is 139 Å². The lowest BCUT2D eigenvalue weighted by atomic mass is 9.90. The summed E-state index contributed by atoms with van der Waals surface area (Å²) in [5.74, 6) is 7.96. The second-order valence-corrected chi connectivity index (χ2v) is 11.7. The molecule has 7 rings (SSSR count). The molecule has 4 fully saturated rings. The van der Waals surface area contributed by atoms with Gasteiger partial charge in [0, 0.05) is 43.3 Å². The molecule has 224 valence electrons. The number of aliphatic carboxylic acids is 1. The Balaban J connectivity index is 1.19. The van der Waals surface area contributed by atoms with Gasteiger partial charge in [0.15, 0.2) is 5.82 Å². The van der Waals surface area contributed by atoms with E-state index < -0.39 is 18.1 Å². The van der Waals surface area contributed by atoms with Crippen molar-refractivity contribution in [1.29, 1.82) is 0 Å². The number of anilines is 2. The number of rotatable bonds is 7. The number of carboxylic acid groups (broad SMARTS) is 1. The van der Waals surface area contributed by atoms with Crippen LogP contribution >= 0.6 is 0 Å². The molecule has 0 unspecified atom stereocenters. The van der Waals surface area contributed by atoms with Crippen LogP contribution in [0.15, 0.2) is 30.6 Å². The first-order chi connectivity index (χ1) is 20.9. The molecule has 1 saturated carbocycles. The Kier molecular flexibility index (Phi) is 7.15. The second-order valence-electron chi connectivity index (χ2n) is 11.7. The van der Waals surface area contributed by atoms with Crippen molar-refractivity contribution in [2.75, 3.05) is 42.7 Å². The van der Waals surface area contributed by atoms with Crippen LogP contribution in [-0.4, -0.2) is 92.7 Å². The number of aromatic nitrogens is 5. The third kappa shape index (κ3) is 5.39. The summed E-state index contributed by atoms with van der Waals surface area (Å²) in [5.41, 5.74) is 2.04. The highest BCUT2D eigenvalue weighted by molar-refractivity contribution is 5.78. The average Bonchev–Trinajstić information content (AvgIpc) is 3.46. The minimum atomic E-state index is -0.960. The highest BCUT2D eigenvalue weighted by Crippen LogP contribution is 2.39. The fourth-order valence-corrected chi connectivity index (χ4v) is 5.90. The number of nitrogens with one attached hydrogen (secondary N) is 1. The molecule has 1 spiro atoms. The van der Waals surface area contributed by atoms with Crippen LogP contribution in [0.3, 0.4) is 0 Å². The summed E-state index contributed by atoms with van der Waals surface area (Å²) in [6.07, 6.45) is 6.21. The van der Waals surface area contributed by atoms with E-state index in [1.54, 1.807) is 17.3 Å². The summed E-state index contributed by atoms with van der Waals surface area (Å²) in [7, 11) is 0. The lowest BCUT2D eigenvalue weighted by Gasteiger charge is -2.53. The first-order valence-electron chi connectivity index (χ1n) is 15.0. The van der Waals surface area contributed by atoms with Gasteiger partial charge in [-0.1, -0.05) is 18.8 Å². The number of pyridine rings is 1. The van der Waals surface area contributed by atoms with Crippen LogP contribution in [0.4, 0.5) is 11.6 Å². The van der Waals surface area contributed by atoms with Crippen LogP contribution in [0, 0.1) is 17.8 Å². The molecule has 0 bridgehead atoms. The summed E-state index contributed by atoms with van der Waals surface area (Å²) in [6.45, 7) is 6.70. The number of aromatic amines is 1. The van der Waals surface area contributed by atoms with Crippen LogP contribution in [-0.2, 0) is 20.7 Å². The molecular weight excluding hydrogens is 550 g/mol. The highest BCUT2D eigenvalue weighted by atomic mass is 16.6. The molecule has 3 aromatic rings. The molecule has 43 heavy (non-hydrogen) atoms. The van der Waals surface area contributed by atoms with Gasteiger partial charge < -0.3 is 34.1 Å². The van der Waals surface area contributed by atoms with Gasteiger partial charge in [0.2, 0.25) is 11.8 Å². The molecule has 3 aromatic heterocycles. The highest BCUT2D eigenvalue weighted by Gasteiger charge is 2.50. The predicted octanol–water partition coefficient (Wildman–Crippen LogP) is 2.69. The Morgan fingerprint density at radius 1 is 1.26 bits per heavy atom. The minimum Gasteiger partial charge on any atom is -0.480 e. The van der Waals surface area contributed by atoms with Crippen molar-refractivity contribution in [3.8, 4) is 29.2 Å². The molecule has 2 N–H and O–H groups in total. The molecule has 4 aliphatic rings. The summed E-state index contributed by atoms with van der Waals surface area (Å²) < 4.78 is 18.3. The quantitative estimate of drug-likeness (QED) is 0.396. The third-order valence-corrected chi connectivity index (χ3v) is 8.69. The summed E-state index contributed by atoms with van der Waals surface area (Å²) in [4.78, 5) is 38.1. The Morgan fingerprint density at radius 2 is 2.12 bits per heavy atom. The van der Waals surface area contributed by atoms with E-state index in [2.05, 4.69) is 43.6 Å². The van der Waals surface area contributed by atoms with Crippen LogP contribution < -0.4 is 14.5 Å². The number of nitrogens with zero attached hydrogens (tertiary/aromatic N) is 6. The Bertz CT molecular complexity index is 1560. The first-order valence-corrected chi connectivity index (χ1v) is 15.0. The zero-order chi connectivity index (χ0) is 29.6. The molecule has 0 aromatic carbocycles. The minimum absolute atomic E-state index is 0.0294. The molecule has 12 heteroatoms. The molecular formula is C31H35N7O5. The van der Waals surface area contributed by atoms with Gasteiger partial charge in [-0.05, 0) is 38.0 Å².